The van der Waals surface area contributed by atoms with Gasteiger partial charge in [-0.05, 0) is 210 Å². The highest BCUT2D eigenvalue weighted by molar-refractivity contribution is 6.03. The molecule has 7 aliphatic carbocycles. The van der Waals surface area contributed by atoms with Crippen LogP contribution < -0.4 is 9.80 Å². The summed E-state index contributed by atoms with van der Waals surface area (Å²) < 4.78 is 0. The van der Waals surface area contributed by atoms with Crippen molar-refractivity contribution < 1.29 is 0 Å². The predicted octanol–water partition coefficient (Wildman–Crippen LogP) is 21.3. The number of aryl methyl sites for hydroxylation is 3. The average Bonchev–Trinajstić information content (AvgIpc) is 1.88. The van der Waals surface area contributed by atoms with Crippen LogP contribution in [0.25, 0.3) is 22.4 Å². The highest BCUT2D eigenvalue weighted by Gasteiger charge is 2.54. The third kappa shape index (κ3) is 7.61. The normalized spacial score (nSPS) is 23.0. The molecule has 9 aromatic rings. The predicted molar refractivity (Wildman–Crippen MR) is 352 cm³/mol. The summed E-state index contributed by atoms with van der Waals surface area (Å²) >= 11 is 0. The molecule has 84 heavy (non-hydrogen) atoms. The van der Waals surface area contributed by atoms with Crippen LogP contribution in [-0.2, 0) is 10.8 Å². The van der Waals surface area contributed by atoms with Gasteiger partial charge in [0.05, 0.1) is 22.6 Å². The first-order valence-electron chi connectivity index (χ1n) is 30.9. The third-order valence-electron chi connectivity index (χ3n) is 20.3. The van der Waals surface area contributed by atoms with Gasteiger partial charge in [-0.3, -0.25) is 0 Å². The van der Waals surface area contributed by atoms with Gasteiger partial charge in [0.1, 0.15) is 0 Å². The van der Waals surface area contributed by atoms with E-state index in [2.05, 4.69) is 292 Å². The van der Waals surface area contributed by atoms with Crippen molar-refractivity contribution in [3.05, 3.63) is 338 Å². The minimum atomic E-state index is -0.483. The molecule has 16 rings (SSSR count). The van der Waals surface area contributed by atoms with Crippen LogP contribution in [0.2, 0.25) is 0 Å². The molecular weight excluding hydrogens is 1010 g/mol. The van der Waals surface area contributed by atoms with E-state index >= 15 is 0 Å². The molecule has 2 heteroatoms. The molecule has 0 radical (unpaired) electrons. The number of rotatable bonds is 10. The Kier molecular flexibility index (Phi) is 12.0. The zero-order valence-corrected chi connectivity index (χ0v) is 48.7. The minimum Gasteiger partial charge on any atom is -0.334 e. The number of allylic oxidation sites excluding steroid dienone is 13. The van der Waals surface area contributed by atoms with Crippen molar-refractivity contribution >= 4 is 50.9 Å². The molecule has 408 valence electrons. The fraction of sp³-hybridized carbons (Fsp3) is 0.195. The summed E-state index contributed by atoms with van der Waals surface area (Å²) in [5, 5.41) is 2.68. The van der Waals surface area contributed by atoms with Crippen molar-refractivity contribution in [2.24, 2.45) is 5.92 Å². The van der Waals surface area contributed by atoms with Crippen molar-refractivity contribution in [2.45, 2.75) is 94.9 Å². The van der Waals surface area contributed by atoms with Gasteiger partial charge in [-0.15, -0.1) is 0 Å². The van der Waals surface area contributed by atoms with Gasteiger partial charge in [-0.25, -0.2) is 0 Å². The molecule has 0 aliphatic heterocycles. The maximum Gasteiger partial charge on any atom is 0.0711 e. The molecule has 0 spiro atoms. The lowest BCUT2D eigenvalue weighted by Gasteiger charge is -2.43. The third-order valence-corrected chi connectivity index (χ3v) is 20.3. The van der Waals surface area contributed by atoms with E-state index in [0.29, 0.717) is 11.8 Å². The Morgan fingerprint density at radius 3 is 1.99 bits per heavy atom. The van der Waals surface area contributed by atoms with Crippen LogP contribution in [0, 0.1) is 26.7 Å². The first-order valence-corrected chi connectivity index (χ1v) is 30.9. The number of benzene rings is 9. The highest BCUT2D eigenvalue weighted by atomic mass is 15.2. The second kappa shape index (κ2) is 19.8. The van der Waals surface area contributed by atoms with Gasteiger partial charge in [-0.2, -0.15) is 0 Å². The number of nitrogens with zero attached hydrogens (tertiary/aromatic N) is 2. The molecule has 6 atom stereocenters. The van der Waals surface area contributed by atoms with Crippen molar-refractivity contribution in [1.82, 2.24) is 0 Å². The summed E-state index contributed by atoms with van der Waals surface area (Å²) in [6.07, 6.45) is 30.9. The Labute approximate surface area is 496 Å². The van der Waals surface area contributed by atoms with Gasteiger partial charge >= 0.3 is 0 Å². The molecule has 7 aliphatic rings. The number of fused-ring (bicyclic) bond motifs is 5. The first-order chi connectivity index (χ1) is 41.3. The molecule has 0 heterocycles. The van der Waals surface area contributed by atoms with E-state index in [1.54, 1.807) is 0 Å². The summed E-state index contributed by atoms with van der Waals surface area (Å²) in [5.41, 5.74) is 28.5. The Bertz CT molecular complexity index is 4430. The molecule has 6 unspecified atom stereocenters. The summed E-state index contributed by atoms with van der Waals surface area (Å²) in [6.45, 7) is 9.04. The standard InChI is InChI=1S/C82H70N2/c1-53-19-13-23-59(47-53)81(73-35-9-5-31-67(73)68-32-6-10-36-74(68)81)61-25-17-29-65(51-61)83(63-27-15-21-55(3)49-63)77-45-41-57-40-44-72-78(46-42-58-39-43-71(77)79(57)80(58)72)84(64-28-16-22-56(4)50-64)66-30-18-26-62(52-66)82(60-24-14-20-54(2)48-60)75-37-11-7-33-69(75)70-34-8-12-38-76(70)82/h5-7,9-12,14-18,20-33,35-40,42-44,46-52,57,67,73,77H,8,13,19,34,41,45H2,1-4H3. The molecule has 9 aromatic carbocycles. The molecule has 0 saturated carbocycles. The van der Waals surface area contributed by atoms with E-state index < -0.39 is 5.41 Å². The fourth-order valence-corrected chi connectivity index (χ4v) is 16.9. The molecule has 0 N–H and O–H groups in total. The highest BCUT2D eigenvalue weighted by Crippen LogP contribution is 2.62. The monoisotopic (exact) mass is 1080 g/mol. The SMILES string of the molecule is CC1=CC(C2(c3cccc(N(c4cccc(C)c4)C4CCC5C=Cc6c(N(c7cccc(C)c7)c7cccc(C8(c9cccc(C)c9)C9=C(CCC=C9)c9ccccc98)c7)ccc7ccc4c5c67)c3)c3ccccc3C3C=CC=CC32)=CCC1. The number of anilines is 5. The zero-order valence-electron chi connectivity index (χ0n) is 48.7. The smallest absolute Gasteiger partial charge is 0.0711 e. The maximum absolute atomic E-state index is 2.73. The molecule has 2 nitrogen and oxygen atoms in total. The largest absolute Gasteiger partial charge is 0.334 e. The summed E-state index contributed by atoms with van der Waals surface area (Å²) in [6, 6.07) is 75.5. The molecular formula is C82H70N2. The quantitative estimate of drug-likeness (QED) is 0.135. The van der Waals surface area contributed by atoms with E-state index in [4.69, 9.17) is 0 Å². The van der Waals surface area contributed by atoms with E-state index in [1.165, 1.54) is 122 Å². The van der Waals surface area contributed by atoms with E-state index in [-0.39, 0.29) is 17.4 Å². The van der Waals surface area contributed by atoms with Gasteiger partial charge in [0.2, 0.25) is 0 Å². The van der Waals surface area contributed by atoms with Crippen molar-refractivity contribution in [3.63, 3.8) is 0 Å². The van der Waals surface area contributed by atoms with Crippen LogP contribution in [0.1, 0.15) is 136 Å². The van der Waals surface area contributed by atoms with Gasteiger partial charge in [-0.1, -0.05) is 211 Å². The topological polar surface area (TPSA) is 6.48 Å². The van der Waals surface area contributed by atoms with E-state index in [1.807, 2.05) is 0 Å². The van der Waals surface area contributed by atoms with Crippen LogP contribution in [0.3, 0.4) is 0 Å². The Balaban J connectivity index is 0.877. The first kappa shape index (κ1) is 50.7. The lowest BCUT2D eigenvalue weighted by Crippen LogP contribution is -2.36. The molecule has 0 bridgehead atoms. The van der Waals surface area contributed by atoms with E-state index in [9.17, 15) is 0 Å². The molecule has 0 saturated heterocycles. The lowest BCUT2D eigenvalue weighted by molar-refractivity contribution is 0.452. The van der Waals surface area contributed by atoms with Crippen LogP contribution in [0.5, 0.6) is 0 Å². The summed E-state index contributed by atoms with van der Waals surface area (Å²) in [5.74, 6) is 0.866. The van der Waals surface area contributed by atoms with Crippen molar-refractivity contribution in [3.8, 4) is 0 Å². The Morgan fingerprint density at radius 1 is 0.512 bits per heavy atom. The van der Waals surface area contributed by atoms with Gasteiger partial charge in [0.25, 0.3) is 0 Å². The summed E-state index contributed by atoms with van der Waals surface area (Å²) in [7, 11) is 0. The van der Waals surface area contributed by atoms with E-state index in [0.717, 1.165) is 49.9 Å². The van der Waals surface area contributed by atoms with Gasteiger partial charge in [0.15, 0.2) is 0 Å². The van der Waals surface area contributed by atoms with Crippen LogP contribution >= 0.6 is 0 Å². The number of hydrogen-bond acceptors (Lipinski definition) is 2. The molecule has 0 amide bonds. The van der Waals surface area contributed by atoms with Crippen LogP contribution in [0.4, 0.5) is 28.4 Å². The lowest BCUT2D eigenvalue weighted by atomic mass is 9.61. The second-order valence-electron chi connectivity index (χ2n) is 25.1. The van der Waals surface area contributed by atoms with Gasteiger partial charge in [0, 0.05) is 46.1 Å². The maximum atomic E-state index is 2.73. The van der Waals surface area contributed by atoms with Crippen LogP contribution in [-0.4, -0.2) is 0 Å². The fourth-order valence-electron chi connectivity index (χ4n) is 16.9. The molecule has 0 fully saturated rings. The number of hydrogen-bond donors (Lipinski definition) is 0. The minimum absolute atomic E-state index is 0.0958. The van der Waals surface area contributed by atoms with Crippen LogP contribution in [0.15, 0.2) is 266 Å². The Morgan fingerprint density at radius 2 is 1.18 bits per heavy atom. The van der Waals surface area contributed by atoms with Crippen molar-refractivity contribution in [1.29, 1.82) is 0 Å². The molecule has 0 aromatic heterocycles. The summed E-state index contributed by atoms with van der Waals surface area (Å²) in [4.78, 5) is 5.29. The van der Waals surface area contributed by atoms with Gasteiger partial charge < -0.3 is 9.80 Å². The Hall–Kier alpha value is -8.98. The second-order valence-corrected chi connectivity index (χ2v) is 25.1. The van der Waals surface area contributed by atoms with Crippen molar-refractivity contribution in [2.75, 3.05) is 9.80 Å². The zero-order chi connectivity index (χ0) is 56.3. The average molecular weight is 1080 g/mol.